The predicted octanol–water partition coefficient (Wildman–Crippen LogP) is 2.54. The molecule has 0 radical (unpaired) electrons. The number of aliphatic imine (C=N–C) groups is 1. The van der Waals surface area contributed by atoms with Crippen LogP contribution in [0.15, 0.2) is 53.5 Å². The summed E-state index contributed by atoms with van der Waals surface area (Å²) in [7, 11) is 0. The van der Waals surface area contributed by atoms with E-state index < -0.39 is 0 Å². The molecule has 5 nitrogen and oxygen atoms in total. The lowest BCUT2D eigenvalue weighted by molar-refractivity contribution is -0.114. The Hall–Kier alpha value is -3.33. The number of nitrogens with zero attached hydrogens (tertiary/aromatic N) is 1. The summed E-state index contributed by atoms with van der Waals surface area (Å²) < 4.78 is 13.6. The summed E-state index contributed by atoms with van der Waals surface area (Å²) >= 11 is 0. The standard InChI is InChI=1S/C21H23FN4O/c1-3-16-8-7-10-18(14-16)26-20(27)15-25-21(23-4-2)24-13-12-17-9-5-6-11-19(17)22/h1,5-11,14H,4,12-13,15H2,2H3,(H,26,27)(H2,23,24,25). The third kappa shape index (κ3) is 6.83. The smallest absolute Gasteiger partial charge is 0.246 e. The van der Waals surface area contributed by atoms with Crippen LogP contribution in [0.3, 0.4) is 0 Å². The number of rotatable bonds is 7. The maximum absolute atomic E-state index is 13.6. The number of amides is 1. The Labute approximate surface area is 159 Å². The first-order valence-electron chi connectivity index (χ1n) is 8.74. The van der Waals surface area contributed by atoms with E-state index in [0.29, 0.717) is 42.3 Å². The fourth-order valence-corrected chi connectivity index (χ4v) is 2.40. The largest absolute Gasteiger partial charge is 0.357 e. The molecule has 0 atom stereocenters. The van der Waals surface area contributed by atoms with Crippen molar-refractivity contribution in [1.82, 2.24) is 10.6 Å². The Morgan fingerprint density at radius 3 is 2.74 bits per heavy atom. The van der Waals surface area contributed by atoms with E-state index in [9.17, 15) is 9.18 Å². The highest BCUT2D eigenvalue weighted by molar-refractivity contribution is 5.94. The number of carbonyl (C=O) groups excluding carboxylic acids is 1. The quantitative estimate of drug-likeness (QED) is 0.401. The molecule has 0 aliphatic carbocycles. The van der Waals surface area contributed by atoms with Gasteiger partial charge in [-0.1, -0.05) is 30.2 Å². The lowest BCUT2D eigenvalue weighted by Gasteiger charge is -2.11. The van der Waals surface area contributed by atoms with Crippen LogP contribution in [-0.2, 0) is 11.2 Å². The first-order chi connectivity index (χ1) is 13.1. The van der Waals surface area contributed by atoms with Gasteiger partial charge in [0.25, 0.3) is 0 Å². The molecule has 0 aliphatic rings. The van der Waals surface area contributed by atoms with Gasteiger partial charge in [-0.25, -0.2) is 9.38 Å². The van der Waals surface area contributed by atoms with Crippen LogP contribution < -0.4 is 16.0 Å². The molecule has 0 bridgehead atoms. The van der Waals surface area contributed by atoms with E-state index in [2.05, 4.69) is 26.9 Å². The van der Waals surface area contributed by atoms with Crippen molar-refractivity contribution in [3.63, 3.8) is 0 Å². The molecule has 0 fully saturated rings. The number of anilines is 1. The molecule has 2 rings (SSSR count). The third-order valence-corrected chi connectivity index (χ3v) is 3.68. The summed E-state index contributed by atoms with van der Waals surface area (Å²) in [6, 6.07) is 13.7. The number of halogens is 1. The second-order valence-corrected chi connectivity index (χ2v) is 5.74. The first-order valence-corrected chi connectivity index (χ1v) is 8.74. The van der Waals surface area contributed by atoms with Crippen molar-refractivity contribution < 1.29 is 9.18 Å². The SMILES string of the molecule is C#Cc1cccc(NC(=O)CN=C(NCC)NCCc2ccccc2F)c1. The van der Waals surface area contributed by atoms with Gasteiger partial charge < -0.3 is 16.0 Å². The zero-order valence-electron chi connectivity index (χ0n) is 15.3. The summed E-state index contributed by atoms with van der Waals surface area (Å²) in [5.74, 6) is 2.54. The summed E-state index contributed by atoms with van der Waals surface area (Å²) in [5.41, 5.74) is 1.95. The minimum absolute atomic E-state index is 0.0463. The number of benzene rings is 2. The highest BCUT2D eigenvalue weighted by Gasteiger charge is 2.05. The average Bonchev–Trinajstić information content (AvgIpc) is 2.67. The molecule has 0 aliphatic heterocycles. The van der Waals surface area contributed by atoms with Crippen LogP contribution in [0.4, 0.5) is 10.1 Å². The Kier molecular flexibility index (Phi) is 7.86. The van der Waals surface area contributed by atoms with Gasteiger partial charge in [0.2, 0.25) is 5.91 Å². The fourth-order valence-electron chi connectivity index (χ4n) is 2.40. The van der Waals surface area contributed by atoms with Crippen LogP contribution in [-0.4, -0.2) is 31.5 Å². The van der Waals surface area contributed by atoms with Crippen LogP contribution in [0.2, 0.25) is 0 Å². The van der Waals surface area contributed by atoms with Gasteiger partial charge in [0.15, 0.2) is 5.96 Å². The lowest BCUT2D eigenvalue weighted by Crippen LogP contribution is -2.39. The number of nitrogens with one attached hydrogen (secondary N) is 3. The molecule has 1 amide bonds. The molecule has 0 heterocycles. The molecule has 2 aromatic rings. The predicted molar refractivity (Wildman–Crippen MR) is 107 cm³/mol. The summed E-state index contributed by atoms with van der Waals surface area (Å²) in [6.45, 7) is 3.03. The maximum Gasteiger partial charge on any atom is 0.246 e. The van der Waals surface area contributed by atoms with Crippen LogP contribution >= 0.6 is 0 Å². The van der Waals surface area contributed by atoms with Crippen molar-refractivity contribution >= 4 is 17.6 Å². The summed E-state index contributed by atoms with van der Waals surface area (Å²) in [4.78, 5) is 16.3. The van der Waals surface area contributed by atoms with Gasteiger partial charge in [-0.3, -0.25) is 4.79 Å². The van der Waals surface area contributed by atoms with E-state index in [1.54, 1.807) is 42.5 Å². The normalized spacial score (nSPS) is 10.8. The van der Waals surface area contributed by atoms with Crippen molar-refractivity contribution in [2.45, 2.75) is 13.3 Å². The number of carbonyl (C=O) groups is 1. The maximum atomic E-state index is 13.6. The Balaban J connectivity index is 1.87. The van der Waals surface area contributed by atoms with E-state index in [0.717, 1.165) is 0 Å². The van der Waals surface area contributed by atoms with E-state index in [1.165, 1.54) is 6.07 Å². The van der Waals surface area contributed by atoms with Gasteiger partial charge in [0, 0.05) is 24.3 Å². The molecule has 3 N–H and O–H groups in total. The van der Waals surface area contributed by atoms with Gasteiger partial charge >= 0.3 is 0 Å². The van der Waals surface area contributed by atoms with Gasteiger partial charge in [-0.15, -0.1) is 6.42 Å². The second kappa shape index (κ2) is 10.6. The molecule has 6 heteroatoms. The zero-order chi connectivity index (χ0) is 19.5. The highest BCUT2D eigenvalue weighted by Crippen LogP contribution is 2.09. The number of terminal acetylenes is 1. The van der Waals surface area contributed by atoms with Crippen LogP contribution in [0, 0.1) is 18.2 Å². The van der Waals surface area contributed by atoms with Crippen LogP contribution in [0.25, 0.3) is 0 Å². The minimum atomic E-state index is -0.254. The molecule has 2 aromatic carbocycles. The number of guanidine groups is 1. The van der Waals surface area contributed by atoms with Crippen molar-refractivity contribution in [3.8, 4) is 12.3 Å². The van der Waals surface area contributed by atoms with E-state index in [-0.39, 0.29) is 18.3 Å². The van der Waals surface area contributed by atoms with Gasteiger partial charge in [0.1, 0.15) is 12.4 Å². The van der Waals surface area contributed by atoms with Crippen LogP contribution in [0.1, 0.15) is 18.1 Å². The Morgan fingerprint density at radius 1 is 1.19 bits per heavy atom. The summed E-state index contributed by atoms with van der Waals surface area (Å²) in [6.07, 6.45) is 5.87. The molecule has 0 spiro atoms. The molecule has 0 unspecified atom stereocenters. The second-order valence-electron chi connectivity index (χ2n) is 5.74. The van der Waals surface area contributed by atoms with Gasteiger partial charge in [-0.2, -0.15) is 0 Å². The lowest BCUT2D eigenvalue weighted by atomic mass is 10.1. The number of hydrogen-bond donors (Lipinski definition) is 3. The highest BCUT2D eigenvalue weighted by atomic mass is 19.1. The Morgan fingerprint density at radius 2 is 2.00 bits per heavy atom. The minimum Gasteiger partial charge on any atom is -0.357 e. The van der Waals surface area contributed by atoms with Gasteiger partial charge in [-0.05, 0) is 43.2 Å². The van der Waals surface area contributed by atoms with Crippen molar-refractivity contribution in [2.75, 3.05) is 25.0 Å². The molecular formula is C21H23FN4O. The molecule has 0 saturated heterocycles. The zero-order valence-corrected chi connectivity index (χ0v) is 15.3. The first kappa shape index (κ1) is 20.0. The molecule has 27 heavy (non-hydrogen) atoms. The van der Waals surface area contributed by atoms with Crippen molar-refractivity contribution in [2.24, 2.45) is 4.99 Å². The topological polar surface area (TPSA) is 65.5 Å². The third-order valence-electron chi connectivity index (χ3n) is 3.68. The summed E-state index contributed by atoms with van der Waals surface area (Å²) in [5, 5.41) is 8.92. The van der Waals surface area contributed by atoms with Crippen molar-refractivity contribution in [3.05, 3.63) is 65.5 Å². The van der Waals surface area contributed by atoms with Gasteiger partial charge in [0.05, 0.1) is 0 Å². The molecule has 0 aromatic heterocycles. The van der Waals surface area contributed by atoms with E-state index >= 15 is 0 Å². The van der Waals surface area contributed by atoms with Crippen molar-refractivity contribution in [1.29, 1.82) is 0 Å². The number of hydrogen-bond acceptors (Lipinski definition) is 2. The fraction of sp³-hybridized carbons (Fsp3) is 0.238. The monoisotopic (exact) mass is 366 g/mol. The average molecular weight is 366 g/mol. The van der Waals surface area contributed by atoms with E-state index in [4.69, 9.17) is 6.42 Å². The molecular weight excluding hydrogens is 343 g/mol. The molecule has 140 valence electrons. The molecule has 0 saturated carbocycles. The Bertz CT molecular complexity index is 842. The van der Waals surface area contributed by atoms with E-state index in [1.807, 2.05) is 6.92 Å². The van der Waals surface area contributed by atoms with Crippen LogP contribution in [0.5, 0.6) is 0 Å².